The molecule has 0 aliphatic rings. The van der Waals surface area contributed by atoms with Crippen molar-refractivity contribution in [2.75, 3.05) is 0 Å². The molecule has 0 amide bonds. The normalized spacial score (nSPS) is 11.0. The second-order valence-corrected chi connectivity index (χ2v) is 15.0. The van der Waals surface area contributed by atoms with Gasteiger partial charge in [-0.1, -0.05) is 121 Å². The molecule has 60 heavy (non-hydrogen) atoms. The van der Waals surface area contributed by atoms with Gasteiger partial charge in [-0.05, 0) is 168 Å². The third-order valence-electron chi connectivity index (χ3n) is 11.1. The van der Waals surface area contributed by atoms with Crippen molar-refractivity contribution in [3.8, 4) is 100 Å². The van der Waals surface area contributed by atoms with E-state index in [1.165, 1.54) is 50.1 Å². The van der Waals surface area contributed by atoms with E-state index in [-0.39, 0.29) is 0 Å². The fourth-order valence-electron chi connectivity index (χ4n) is 8.01. The number of aromatic nitrogens is 3. The van der Waals surface area contributed by atoms with Crippen LogP contribution in [0.25, 0.3) is 100 Å². The van der Waals surface area contributed by atoms with Crippen molar-refractivity contribution in [3.05, 3.63) is 237 Å². The smallest absolute Gasteiger partial charge is 0.0346 e. The van der Waals surface area contributed by atoms with Crippen molar-refractivity contribution < 1.29 is 0 Å². The van der Waals surface area contributed by atoms with E-state index in [0.717, 1.165) is 50.1 Å². The molecule has 0 unspecified atom stereocenters. The lowest BCUT2D eigenvalue weighted by Gasteiger charge is -2.14. The predicted octanol–water partition coefficient (Wildman–Crippen LogP) is 14.9. The van der Waals surface area contributed by atoms with Crippen LogP contribution in [-0.2, 0) is 0 Å². The Hall–Kier alpha value is -8.01. The van der Waals surface area contributed by atoms with E-state index in [1.807, 2.05) is 49.3 Å². The van der Waals surface area contributed by atoms with Crippen LogP contribution in [0.4, 0.5) is 0 Å². The summed E-state index contributed by atoms with van der Waals surface area (Å²) in [5.41, 5.74) is 20.8. The molecule has 282 valence electrons. The fourth-order valence-corrected chi connectivity index (χ4v) is 8.01. The zero-order chi connectivity index (χ0) is 40.1. The van der Waals surface area contributed by atoms with Crippen LogP contribution in [0.2, 0.25) is 0 Å². The van der Waals surface area contributed by atoms with Crippen LogP contribution in [0.3, 0.4) is 0 Å². The van der Waals surface area contributed by atoms with Gasteiger partial charge in [0.1, 0.15) is 0 Å². The van der Waals surface area contributed by atoms with Gasteiger partial charge in [-0.2, -0.15) is 0 Å². The van der Waals surface area contributed by atoms with Gasteiger partial charge in [-0.3, -0.25) is 15.0 Å². The molecule has 3 heteroatoms. The minimum absolute atomic E-state index is 1.08. The number of benzene rings is 7. The third-order valence-corrected chi connectivity index (χ3v) is 11.1. The topological polar surface area (TPSA) is 38.7 Å². The average molecular weight is 766 g/mol. The minimum Gasteiger partial charge on any atom is -0.265 e. The predicted molar refractivity (Wildman–Crippen MR) is 249 cm³/mol. The molecule has 0 atom stereocenters. The van der Waals surface area contributed by atoms with Crippen LogP contribution < -0.4 is 0 Å². The lowest BCUT2D eigenvalue weighted by atomic mass is 9.91. The largest absolute Gasteiger partial charge is 0.265 e. The standard InChI is InChI=1S/C57H39N3/c1-9-41(40-23-27-58-28-24-40)29-42(10-1)43-11-2-13-45(30-43)48-16-5-19-51(33-48)55-35-56(37-57(36-55)54-22-8-26-60-39-54)52-20-6-17-49(34-52)46-14-3-12-44(31-46)47-15-4-18-50(32-47)53-21-7-25-59-38-53/h1-39H. The number of hydrogen-bond donors (Lipinski definition) is 0. The number of rotatable bonds is 9. The molecule has 7 aromatic carbocycles. The molecule has 0 N–H and O–H groups in total. The molecule has 0 bridgehead atoms. The van der Waals surface area contributed by atoms with Crippen molar-refractivity contribution in [2.24, 2.45) is 0 Å². The second-order valence-electron chi connectivity index (χ2n) is 15.0. The van der Waals surface area contributed by atoms with Crippen molar-refractivity contribution in [2.45, 2.75) is 0 Å². The third kappa shape index (κ3) is 7.80. The Morgan fingerprint density at radius 3 is 0.717 bits per heavy atom. The maximum atomic E-state index is 4.48. The van der Waals surface area contributed by atoms with Crippen LogP contribution >= 0.6 is 0 Å². The lowest BCUT2D eigenvalue weighted by molar-refractivity contribution is 1.33. The summed E-state index contributed by atoms with van der Waals surface area (Å²) in [5.74, 6) is 0. The van der Waals surface area contributed by atoms with Crippen molar-refractivity contribution >= 4 is 0 Å². The summed E-state index contributed by atoms with van der Waals surface area (Å²) in [6.45, 7) is 0. The molecule has 0 aliphatic carbocycles. The van der Waals surface area contributed by atoms with E-state index in [1.54, 1.807) is 0 Å². The highest BCUT2D eigenvalue weighted by atomic mass is 14.6. The summed E-state index contributed by atoms with van der Waals surface area (Å²) in [4.78, 5) is 13.0. The molecule has 3 heterocycles. The lowest BCUT2D eigenvalue weighted by Crippen LogP contribution is -1.89. The summed E-state index contributed by atoms with van der Waals surface area (Å²) in [7, 11) is 0. The van der Waals surface area contributed by atoms with Crippen molar-refractivity contribution in [1.82, 2.24) is 15.0 Å². The fraction of sp³-hybridized carbons (Fsp3) is 0. The second kappa shape index (κ2) is 16.5. The summed E-state index contributed by atoms with van der Waals surface area (Å²) < 4.78 is 0. The minimum atomic E-state index is 1.08. The van der Waals surface area contributed by atoms with Gasteiger partial charge in [0, 0.05) is 48.3 Å². The van der Waals surface area contributed by atoms with Crippen LogP contribution in [-0.4, -0.2) is 15.0 Å². The molecule has 0 saturated carbocycles. The zero-order valence-electron chi connectivity index (χ0n) is 32.9. The van der Waals surface area contributed by atoms with Crippen molar-refractivity contribution in [1.29, 1.82) is 0 Å². The van der Waals surface area contributed by atoms with Crippen LogP contribution in [0, 0.1) is 0 Å². The van der Waals surface area contributed by atoms with Gasteiger partial charge in [-0.25, -0.2) is 0 Å². The quantitative estimate of drug-likeness (QED) is 0.147. The highest BCUT2D eigenvalue weighted by molar-refractivity contribution is 5.85. The van der Waals surface area contributed by atoms with E-state index >= 15 is 0 Å². The molecule has 0 spiro atoms. The molecular weight excluding hydrogens is 727 g/mol. The zero-order valence-corrected chi connectivity index (χ0v) is 32.9. The molecule has 10 rings (SSSR count). The first kappa shape index (κ1) is 36.3. The Morgan fingerprint density at radius 2 is 0.400 bits per heavy atom. The Morgan fingerprint density at radius 1 is 0.167 bits per heavy atom. The van der Waals surface area contributed by atoms with Crippen LogP contribution in [0.5, 0.6) is 0 Å². The Balaban J connectivity index is 0.997. The van der Waals surface area contributed by atoms with Crippen LogP contribution in [0.1, 0.15) is 0 Å². The van der Waals surface area contributed by atoms with Gasteiger partial charge in [0.15, 0.2) is 0 Å². The van der Waals surface area contributed by atoms with Gasteiger partial charge in [0.2, 0.25) is 0 Å². The molecule has 0 saturated heterocycles. The van der Waals surface area contributed by atoms with E-state index < -0.39 is 0 Å². The van der Waals surface area contributed by atoms with Crippen molar-refractivity contribution in [3.63, 3.8) is 0 Å². The molecule has 3 aromatic heterocycles. The summed E-state index contributed by atoms with van der Waals surface area (Å²) >= 11 is 0. The first-order chi connectivity index (χ1) is 29.7. The van der Waals surface area contributed by atoms with Crippen LogP contribution in [0.15, 0.2) is 237 Å². The van der Waals surface area contributed by atoms with Gasteiger partial charge < -0.3 is 0 Å². The van der Waals surface area contributed by atoms with E-state index in [0.29, 0.717) is 0 Å². The first-order valence-corrected chi connectivity index (χ1v) is 20.2. The molecule has 0 fully saturated rings. The maximum absolute atomic E-state index is 4.48. The molecule has 0 radical (unpaired) electrons. The Bertz CT molecular complexity index is 2900. The number of hydrogen-bond acceptors (Lipinski definition) is 3. The Kier molecular flexibility index (Phi) is 9.97. The summed E-state index contributed by atoms with van der Waals surface area (Å²) in [6.07, 6.45) is 11.2. The number of pyridine rings is 3. The first-order valence-electron chi connectivity index (χ1n) is 20.2. The molecule has 10 aromatic rings. The highest BCUT2D eigenvalue weighted by Gasteiger charge is 2.12. The van der Waals surface area contributed by atoms with Gasteiger partial charge in [-0.15, -0.1) is 0 Å². The Labute approximate surface area is 351 Å². The monoisotopic (exact) mass is 765 g/mol. The van der Waals surface area contributed by atoms with Gasteiger partial charge in [0.25, 0.3) is 0 Å². The molecule has 0 aliphatic heterocycles. The number of nitrogens with zero attached hydrogens (tertiary/aromatic N) is 3. The van der Waals surface area contributed by atoms with E-state index in [2.05, 4.69) is 203 Å². The highest BCUT2D eigenvalue weighted by Crippen LogP contribution is 2.37. The van der Waals surface area contributed by atoms with Gasteiger partial charge >= 0.3 is 0 Å². The summed E-state index contributed by atoms with van der Waals surface area (Å²) in [5, 5.41) is 0. The summed E-state index contributed by atoms with van der Waals surface area (Å²) in [6, 6.07) is 72.0. The van der Waals surface area contributed by atoms with E-state index in [4.69, 9.17) is 0 Å². The van der Waals surface area contributed by atoms with Gasteiger partial charge in [0.05, 0.1) is 0 Å². The van der Waals surface area contributed by atoms with E-state index in [9.17, 15) is 0 Å². The SMILES string of the molecule is c1cncc(-c2cccc(-c3cccc(-c4cccc(-c5cc(-c6cccnc6)cc(-c6cccc(-c7cccc(-c8cccc(-c9ccncc9)c8)c7)c6)c5)c4)c3)c2)c1. The maximum Gasteiger partial charge on any atom is 0.0346 e. The molecular formula is C57H39N3. The average Bonchev–Trinajstić information content (AvgIpc) is 3.35. The molecule has 3 nitrogen and oxygen atoms in total.